The maximum atomic E-state index is 12.9. The smallest absolute Gasteiger partial charge is 0.342 e. The second-order valence-electron chi connectivity index (χ2n) is 4.28. The highest BCUT2D eigenvalue weighted by molar-refractivity contribution is 7.11. The minimum atomic E-state index is -0.594. The third-order valence-electron chi connectivity index (χ3n) is 2.78. The third-order valence-corrected chi connectivity index (χ3v) is 3.86. The molecule has 0 amide bonds. The monoisotopic (exact) mass is 337 g/mol. The zero-order valence-electron chi connectivity index (χ0n) is 11.0. The summed E-state index contributed by atoms with van der Waals surface area (Å²) in [6, 6.07) is 3.55. The third kappa shape index (κ3) is 3.15. The molecule has 5 nitrogen and oxygen atoms in total. The summed E-state index contributed by atoms with van der Waals surface area (Å²) in [4.78, 5) is 20.4. The molecule has 0 spiro atoms. The molecule has 2 aromatic rings. The molecule has 1 aliphatic heterocycles. The lowest BCUT2D eigenvalue weighted by molar-refractivity contribution is -0.130. The van der Waals surface area contributed by atoms with E-state index in [1.807, 2.05) is 5.38 Å². The van der Waals surface area contributed by atoms with Crippen LogP contribution in [0.2, 0.25) is 5.02 Å². The van der Waals surface area contributed by atoms with Crippen molar-refractivity contribution in [3.05, 3.63) is 57.4 Å². The minimum Gasteiger partial charge on any atom is -0.421 e. The average molecular weight is 338 g/mol. The van der Waals surface area contributed by atoms with Crippen molar-refractivity contribution in [2.75, 3.05) is 6.54 Å². The first-order chi connectivity index (χ1) is 10.6. The second-order valence-corrected chi connectivity index (χ2v) is 5.58. The Labute approximate surface area is 134 Å². The van der Waals surface area contributed by atoms with E-state index < -0.39 is 11.8 Å². The number of nitrogens with zero attached hydrogens (tertiary/aromatic N) is 2. The van der Waals surface area contributed by atoms with Crippen LogP contribution in [0.4, 0.5) is 4.39 Å². The first-order valence-electron chi connectivity index (χ1n) is 6.20. The molecule has 0 saturated heterocycles. The summed E-state index contributed by atoms with van der Waals surface area (Å²) in [5.41, 5.74) is 0.334. The number of rotatable bonds is 3. The minimum absolute atomic E-state index is 0.0321. The van der Waals surface area contributed by atoms with Crippen LogP contribution in [0.1, 0.15) is 5.01 Å². The van der Waals surface area contributed by atoms with Crippen LogP contribution in [0.5, 0.6) is 5.75 Å². The number of esters is 1. The summed E-state index contributed by atoms with van der Waals surface area (Å²) in [6.45, 7) is 0.166. The van der Waals surface area contributed by atoms with Crippen molar-refractivity contribution >= 4 is 34.7 Å². The Morgan fingerprint density at radius 2 is 2.32 bits per heavy atom. The van der Waals surface area contributed by atoms with Gasteiger partial charge in [-0.2, -0.15) is 0 Å². The molecule has 8 heteroatoms. The molecule has 2 heterocycles. The van der Waals surface area contributed by atoms with Gasteiger partial charge in [0.15, 0.2) is 10.8 Å². The van der Waals surface area contributed by atoms with Crippen LogP contribution in [-0.2, 0) is 4.79 Å². The summed E-state index contributed by atoms with van der Waals surface area (Å²) in [7, 11) is 0. The predicted octanol–water partition coefficient (Wildman–Crippen LogP) is 2.77. The number of carbonyl (C=O) groups excluding carboxylic acids is 1. The fraction of sp³-hybridized carbons (Fsp3) is 0.0714. The summed E-state index contributed by atoms with van der Waals surface area (Å²) in [5.74, 6) is -0.390. The van der Waals surface area contributed by atoms with E-state index in [0.717, 1.165) is 11.1 Å². The van der Waals surface area contributed by atoms with Crippen molar-refractivity contribution in [1.29, 1.82) is 0 Å². The highest BCUT2D eigenvalue weighted by atomic mass is 35.5. The Morgan fingerprint density at radius 3 is 2.95 bits per heavy atom. The summed E-state index contributed by atoms with van der Waals surface area (Å²) in [6.07, 6.45) is 3.19. The lowest BCUT2D eigenvalue weighted by Crippen LogP contribution is -2.27. The van der Waals surface area contributed by atoms with Gasteiger partial charge in [0.05, 0.1) is 17.1 Å². The number of halogens is 2. The molecule has 0 unspecified atom stereocenters. The normalized spacial score (nSPS) is 13.9. The zero-order chi connectivity index (χ0) is 15.5. The van der Waals surface area contributed by atoms with Gasteiger partial charge in [0, 0.05) is 17.8 Å². The lowest BCUT2D eigenvalue weighted by atomic mass is 10.2. The number of thiazole rings is 1. The van der Waals surface area contributed by atoms with Crippen LogP contribution >= 0.6 is 22.9 Å². The molecule has 0 atom stereocenters. The largest absolute Gasteiger partial charge is 0.421 e. The van der Waals surface area contributed by atoms with Gasteiger partial charge < -0.3 is 10.1 Å². The highest BCUT2D eigenvalue weighted by Gasteiger charge is 2.18. The number of ether oxygens (including phenoxy) is 1. The van der Waals surface area contributed by atoms with Gasteiger partial charge in [-0.3, -0.25) is 4.99 Å². The predicted molar refractivity (Wildman–Crippen MR) is 81.8 cm³/mol. The van der Waals surface area contributed by atoms with E-state index in [2.05, 4.69) is 15.3 Å². The molecule has 0 saturated carbocycles. The van der Waals surface area contributed by atoms with Crippen LogP contribution in [-0.4, -0.2) is 23.3 Å². The number of amidine groups is 1. The van der Waals surface area contributed by atoms with Gasteiger partial charge in [-0.25, -0.2) is 14.2 Å². The van der Waals surface area contributed by atoms with E-state index >= 15 is 0 Å². The number of aliphatic imine (C=N–C) groups is 1. The maximum absolute atomic E-state index is 12.9. The molecule has 0 bridgehead atoms. The van der Waals surface area contributed by atoms with E-state index in [1.165, 1.54) is 29.7 Å². The van der Waals surface area contributed by atoms with E-state index in [-0.39, 0.29) is 17.3 Å². The number of hydrogen-bond acceptors (Lipinski definition) is 6. The molecule has 112 valence electrons. The first-order valence-corrected chi connectivity index (χ1v) is 7.46. The SMILES string of the molecule is O=C(Oc1ccc(F)cc1Cl)C1=CNC(c2nccs2)=NC1. The van der Waals surface area contributed by atoms with E-state index in [9.17, 15) is 9.18 Å². The van der Waals surface area contributed by atoms with Crippen LogP contribution in [0.25, 0.3) is 0 Å². The number of nitrogens with one attached hydrogen (secondary N) is 1. The van der Waals surface area contributed by atoms with Gasteiger partial charge in [0.25, 0.3) is 0 Å². The molecule has 3 rings (SSSR count). The molecule has 1 aliphatic rings. The highest BCUT2D eigenvalue weighted by Crippen LogP contribution is 2.25. The molecule has 0 radical (unpaired) electrons. The standard InChI is InChI=1S/C14H9ClFN3O2S/c15-10-5-9(16)1-2-11(10)21-14(20)8-6-18-12(19-7-8)13-17-3-4-22-13/h1-6H,7H2,(H,18,19). The van der Waals surface area contributed by atoms with E-state index in [4.69, 9.17) is 16.3 Å². The van der Waals surface area contributed by atoms with Gasteiger partial charge in [-0.05, 0) is 18.2 Å². The summed E-state index contributed by atoms with van der Waals surface area (Å²) >= 11 is 7.26. The molecule has 22 heavy (non-hydrogen) atoms. The topological polar surface area (TPSA) is 63.6 Å². The van der Waals surface area contributed by atoms with Crippen molar-refractivity contribution in [1.82, 2.24) is 10.3 Å². The first kappa shape index (κ1) is 14.7. The van der Waals surface area contributed by atoms with E-state index in [1.54, 1.807) is 6.20 Å². The fourth-order valence-corrected chi connectivity index (χ4v) is 2.54. The molecular weight excluding hydrogens is 329 g/mol. The van der Waals surface area contributed by atoms with Crippen molar-refractivity contribution < 1.29 is 13.9 Å². The average Bonchev–Trinajstić information content (AvgIpc) is 3.04. The Hall–Kier alpha value is -2.25. The molecule has 1 aromatic carbocycles. The Bertz CT molecular complexity index is 774. The summed E-state index contributed by atoms with van der Waals surface area (Å²) in [5, 5.41) is 5.51. The summed E-state index contributed by atoms with van der Waals surface area (Å²) < 4.78 is 18.1. The zero-order valence-corrected chi connectivity index (χ0v) is 12.6. The van der Waals surface area contributed by atoms with Crippen molar-refractivity contribution in [3.63, 3.8) is 0 Å². The maximum Gasteiger partial charge on any atom is 0.342 e. The number of hydrogen-bond donors (Lipinski definition) is 1. The van der Waals surface area contributed by atoms with Crippen LogP contribution in [0.3, 0.4) is 0 Å². The van der Waals surface area contributed by atoms with Crippen LogP contribution < -0.4 is 10.1 Å². The number of aromatic nitrogens is 1. The van der Waals surface area contributed by atoms with Crippen molar-refractivity contribution in [2.45, 2.75) is 0 Å². The van der Waals surface area contributed by atoms with Gasteiger partial charge >= 0.3 is 5.97 Å². The van der Waals surface area contributed by atoms with Crippen molar-refractivity contribution in [3.8, 4) is 5.75 Å². The Morgan fingerprint density at radius 1 is 1.45 bits per heavy atom. The van der Waals surface area contributed by atoms with E-state index in [0.29, 0.717) is 11.4 Å². The van der Waals surface area contributed by atoms with Crippen molar-refractivity contribution in [2.24, 2.45) is 4.99 Å². The quantitative estimate of drug-likeness (QED) is 0.691. The number of benzene rings is 1. The Balaban J connectivity index is 1.67. The fourth-order valence-electron chi connectivity index (χ4n) is 1.73. The molecule has 0 aliphatic carbocycles. The number of carbonyl (C=O) groups is 1. The van der Waals surface area contributed by atoms with Gasteiger partial charge in [-0.15, -0.1) is 11.3 Å². The van der Waals surface area contributed by atoms with Crippen LogP contribution in [0.15, 0.2) is 46.5 Å². The van der Waals surface area contributed by atoms with Crippen LogP contribution in [0, 0.1) is 5.82 Å². The Kier molecular flexibility index (Phi) is 4.17. The molecule has 0 fully saturated rings. The molecule has 1 N–H and O–H groups in total. The van der Waals surface area contributed by atoms with Gasteiger partial charge in [-0.1, -0.05) is 11.6 Å². The molecule has 1 aromatic heterocycles. The molecular formula is C14H9ClFN3O2S. The van der Waals surface area contributed by atoms with Gasteiger partial charge in [0.1, 0.15) is 11.6 Å². The van der Waals surface area contributed by atoms with Gasteiger partial charge in [0.2, 0.25) is 0 Å². The second kappa shape index (κ2) is 6.25. The lowest BCUT2D eigenvalue weighted by Gasteiger charge is -2.13.